The molecule has 0 saturated heterocycles. The second kappa shape index (κ2) is 3.37. The summed E-state index contributed by atoms with van der Waals surface area (Å²) in [5.41, 5.74) is 8.29. The van der Waals surface area contributed by atoms with E-state index in [-0.39, 0.29) is 6.04 Å². The van der Waals surface area contributed by atoms with E-state index in [0.29, 0.717) is 10.0 Å². The van der Waals surface area contributed by atoms with Crippen molar-refractivity contribution < 1.29 is 9.90 Å². The number of hydrogen-bond donors (Lipinski definition) is 2. The molecule has 0 aliphatic heterocycles. The number of hydrogen-bond acceptors (Lipinski definition) is 2. The van der Waals surface area contributed by atoms with Crippen molar-refractivity contribution >= 4 is 21.9 Å². The Morgan fingerprint density at radius 2 is 2.29 bits per heavy atom. The number of aromatic carboxylic acids is 1. The highest BCUT2D eigenvalue weighted by Crippen LogP contribution is 2.33. The van der Waals surface area contributed by atoms with E-state index in [1.165, 1.54) is 0 Å². The van der Waals surface area contributed by atoms with Gasteiger partial charge in [-0.3, -0.25) is 0 Å². The Balaban J connectivity index is 2.57. The lowest BCUT2D eigenvalue weighted by molar-refractivity contribution is 0.0696. The van der Waals surface area contributed by atoms with Crippen molar-refractivity contribution in [3.8, 4) is 0 Å². The standard InChI is InChI=1S/C10H10BrNO2/c11-8-3-5-1-2-9(12)6(5)4-7(8)10(13)14/h3-4,9H,1-2,12H2,(H,13,14)/t9-/m1/s1. The zero-order valence-electron chi connectivity index (χ0n) is 7.46. The van der Waals surface area contributed by atoms with Crippen LogP contribution >= 0.6 is 15.9 Å². The van der Waals surface area contributed by atoms with E-state index in [0.717, 1.165) is 24.0 Å². The zero-order chi connectivity index (χ0) is 10.3. The number of carboxylic acid groups (broad SMARTS) is 1. The fourth-order valence-electron chi connectivity index (χ4n) is 1.82. The molecule has 3 nitrogen and oxygen atoms in total. The average molecular weight is 256 g/mol. The third-order valence-electron chi connectivity index (χ3n) is 2.58. The molecule has 74 valence electrons. The van der Waals surface area contributed by atoms with E-state index in [1.54, 1.807) is 6.07 Å². The summed E-state index contributed by atoms with van der Waals surface area (Å²) in [6.07, 6.45) is 1.85. The summed E-state index contributed by atoms with van der Waals surface area (Å²) in [6.45, 7) is 0. The van der Waals surface area contributed by atoms with E-state index in [9.17, 15) is 4.79 Å². The first kappa shape index (κ1) is 9.68. The van der Waals surface area contributed by atoms with Gasteiger partial charge in [-0.05, 0) is 52.0 Å². The number of carbonyl (C=O) groups is 1. The van der Waals surface area contributed by atoms with Crippen LogP contribution in [0.3, 0.4) is 0 Å². The lowest BCUT2D eigenvalue weighted by Crippen LogP contribution is -2.07. The van der Waals surface area contributed by atoms with Crippen molar-refractivity contribution in [3.63, 3.8) is 0 Å². The van der Waals surface area contributed by atoms with Gasteiger partial charge in [-0.25, -0.2) is 4.79 Å². The molecule has 1 aromatic rings. The van der Waals surface area contributed by atoms with Gasteiger partial charge in [0.25, 0.3) is 0 Å². The van der Waals surface area contributed by atoms with Crippen LogP contribution in [0.1, 0.15) is 33.9 Å². The minimum atomic E-state index is -0.918. The van der Waals surface area contributed by atoms with Crippen LogP contribution in [0.2, 0.25) is 0 Å². The molecule has 0 heterocycles. The van der Waals surface area contributed by atoms with Crippen molar-refractivity contribution in [3.05, 3.63) is 33.3 Å². The molecule has 0 saturated carbocycles. The molecule has 0 aromatic heterocycles. The second-order valence-electron chi connectivity index (χ2n) is 3.48. The summed E-state index contributed by atoms with van der Waals surface area (Å²) in [5.74, 6) is -0.918. The Morgan fingerprint density at radius 3 is 2.93 bits per heavy atom. The number of benzene rings is 1. The number of halogens is 1. The fraction of sp³-hybridized carbons (Fsp3) is 0.300. The molecule has 0 unspecified atom stereocenters. The minimum absolute atomic E-state index is 0.00352. The highest BCUT2D eigenvalue weighted by molar-refractivity contribution is 9.10. The van der Waals surface area contributed by atoms with Gasteiger partial charge in [0.15, 0.2) is 0 Å². The minimum Gasteiger partial charge on any atom is -0.478 e. The number of aryl methyl sites for hydroxylation is 1. The van der Waals surface area contributed by atoms with Crippen LogP contribution in [0.5, 0.6) is 0 Å². The SMILES string of the molecule is N[C@@H]1CCc2cc(Br)c(C(=O)O)cc21. The third-order valence-corrected chi connectivity index (χ3v) is 3.24. The van der Waals surface area contributed by atoms with Gasteiger partial charge >= 0.3 is 5.97 Å². The normalized spacial score (nSPS) is 19.4. The molecule has 3 N–H and O–H groups in total. The molecule has 1 aromatic carbocycles. The molecule has 4 heteroatoms. The maximum absolute atomic E-state index is 10.9. The summed E-state index contributed by atoms with van der Waals surface area (Å²) < 4.78 is 0.637. The van der Waals surface area contributed by atoms with E-state index in [1.807, 2.05) is 6.07 Å². The summed E-state index contributed by atoms with van der Waals surface area (Å²) >= 11 is 3.25. The molecule has 2 rings (SSSR count). The van der Waals surface area contributed by atoms with Crippen molar-refractivity contribution in [1.82, 2.24) is 0 Å². The molecular weight excluding hydrogens is 246 g/mol. The lowest BCUT2D eigenvalue weighted by Gasteiger charge is -2.07. The van der Waals surface area contributed by atoms with E-state index >= 15 is 0 Å². The summed E-state index contributed by atoms with van der Waals surface area (Å²) in [6, 6.07) is 3.54. The van der Waals surface area contributed by atoms with Crippen LogP contribution in [0.25, 0.3) is 0 Å². The third kappa shape index (κ3) is 1.44. The number of rotatable bonds is 1. The van der Waals surface area contributed by atoms with Crippen molar-refractivity contribution in [2.45, 2.75) is 18.9 Å². The first-order chi connectivity index (χ1) is 6.59. The van der Waals surface area contributed by atoms with E-state index in [4.69, 9.17) is 10.8 Å². The van der Waals surface area contributed by atoms with Gasteiger partial charge < -0.3 is 10.8 Å². The summed E-state index contributed by atoms with van der Waals surface area (Å²) in [7, 11) is 0. The van der Waals surface area contributed by atoms with Gasteiger partial charge in [0, 0.05) is 10.5 Å². The first-order valence-corrected chi connectivity index (χ1v) is 5.20. The number of nitrogens with two attached hydrogens (primary N) is 1. The van der Waals surface area contributed by atoms with Gasteiger partial charge in [0.1, 0.15) is 0 Å². The first-order valence-electron chi connectivity index (χ1n) is 4.41. The molecule has 1 aliphatic carbocycles. The second-order valence-corrected chi connectivity index (χ2v) is 4.34. The molecule has 0 radical (unpaired) electrons. The maximum Gasteiger partial charge on any atom is 0.336 e. The highest BCUT2D eigenvalue weighted by Gasteiger charge is 2.22. The molecule has 0 fully saturated rings. The largest absolute Gasteiger partial charge is 0.478 e. The smallest absolute Gasteiger partial charge is 0.336 e. The fourth-order valence-corrected chi connectivity index (χ4v) is 2.38. The van der Waals surface area contributed by atoms with E-state index < -0.39 is 5.97 Å². The molecule has 0 spiro atoms. The molecule has 0 amide bonds. The number of carboxylic acids is 1. The van der Waals surface area contributed by atoms with Crippen molar-refractivity contribution in [1.29, 1.82) is 0 Å². The highest BCUT2D eigenvalue weighted by atomic mass is 79.9. The van der Waals surface area contributed by atoms with Gasteiger partial charge in [-0.2, -0.15) is 0 Å². The van der Waals surface area contributed by atoms with E-state index in [2.05, 4.69) is 15.9 Å². The van der Waals surface area contributed by atoms with Crippen molar-refractivity contribution in [2.24, 2.45) is 5.73 Å². The molecule has 14 heavy (non-hydrogen) atoms. The molecule has 1 atom stereocenters. The van der Waals surface area contributed by atoms with Crippen molar-refractivity contribution in [2.75, 3.05) is 0 Å². The Hall–Kier alpha value is -0.870. The molecular formula is C10H10BrNO2. The Kier molecular flexibility index (Phi) is 2.33. The van der Waals surface area contributed by atoms with Crippen LogP contribution in [-0.2, 0) is 6.42 Å². The van der Waals surface area contributed by atoms with Crippen LogP contribution in [-0.4, -0.2) is 11.1 Å². The van der Waals surface area contributed by atoms with Crippen LogP contribution in [0, 0.1) is 0 Å². The van der Waals surface area contributed by atoms with Gasteiger partial charge in [0.05, 0.1) is 5.56 Å². The van der Waals surface area contributed by atoms with Crippen LogP contribution < -0.4 is 5.73 Å². The molecule has 0 bridgehead atoms. The zero-order valence-corrected chi connectivity index (χ0v) is 9.04. The lowest BCUT2D eigenvalue weighted by atomic mass is 10.0. The van der Waals surface area contributed by atoms with Gasteiger partial charge in [-0.1, -0.05) is 0 Å². The Morgan fingerprint density at radius 1 is 1.57 bits per heavy atom. The summed E-state index contributed by atoms with van der Waals surface area (Å²) in [4.78, 5) is 10.9. The quantitative estimate of drug-likeness (QED) is 0.808. The maximum atomic E-state index is 10.9. The monoisotopic (exact) mass is 255 g/mol. The van der Waals surface area contributed by atoms with Crippen LogP contribution in [0.4, 0.5) is 0 Å². The molecule has 1 aliphatic rings. The summed E-state index contributed by atoms with van der Waals surface area (Å²) in [5, 5.41) is 8.91. The Bertz CT molecular complexity index is 403. The van der Waals surface area contributed by atoms with Crippen LogP contribution in [0.15, 0.2) is 16.6 Å². The van der Waals surface area contributed by atoms with Gasteiger partial charge in [0.2, 0.25) is 0 Å². The Labute approximate surface area is 90.0 Å². The topological polar surface area (TPSA) is 63.3 Å². The average Bonchev–Trinajstić information content (AvgIpc) is 2.46. The van der Waals surface area contributed by atoms with Gasteiger partial charge in [-0.15, -0.1) is 0 Å². The predicted molar refractivity (Wildman–Crippen MR) is 56.4 cm³/mol. The predicted octanol–water partition coefficient (Wildman–Crippen LogP) is 2.09. The number of fused-ring (bicyclic) bond motifs is 1.